The first-order valence-corrected chi connectivity index (χ1v) is 8.24. The van der Waals surface area contributed by atoms with E-state index in [0.717, 1.165) is 45.4 Å². The predicted molar refractivity (Wildman–Crippen MR) is 81.6 cm³/mol. The Hall–Kier alpha value is -0.420. The van der Waals surface area contributed by atoms with Crippen molar-refractivity contribution in [3.8, 4) is 0 Å². The largest absolute Gasteiger partial charge is 0.375 e. The van der Waals surface area contributed by atoms with Crippen LogP contribution >= 0.6 is 11.3 Å². The van der Waals surface area contributed by atoms with E-state index >= 15 is 0 Å². The van der Waals surface area contributed by atoms with Gasteiger partial charge in [-0.05, 0) is 38.1 Å². The Kier molecular flexibility index (Phi) is 6.31. The third-order valence-electron chi connectivity index (χ3n) is 3.55. The Morgan fingerprint density at radius 1 is 1.26 bits per heavy atom. The van der Waals surface area contributed by atoms with Crippen LogP contribution in [0.4, 0.5) is 0 Å². The first-order valence-electron chi connectivity index (χ1n) is 7.43. The Morgan fingerprint density at radius 3 is 2.68 bits per heavy atom. The third kappa shape index (κ3) is 5.61. The summed E-state index contributed by atoms with van der Waals surface area (Å²) in [5.74, 6) is 0. The van der Waals surface area contributed by atoms with Gasteiger partial charge < -0.3 is 15.0 Å². The maximum absolute atomic E-state index is 5.75. The number of likely N-dealkylation sites (N-methyl/N-ethyl adjacent to an activating group) is 1. The summed E-state index contributed by atoms with van der Waals surface area (Å²) < 4.78 is 5.75. The maximum atomic E-state index is 5.75. The summed E-state index contributed by atoms with van der Waals surface area (Å²) in [7, 11) is 0. The van der Waals surface area contributed by atoms with Crippen LogP contribution in [0.3, 0.4) is 0 Å². The van der Waals surface area contributed by atoms with Crippen molar-refractivity contribution in [1.29, 1.82) is 0 Å². The smallest absolute Gasteiger partial charge is 0.0810 e. The lowest BCUT2D eigenvalue weighted by atomic mass is 10.4. The zero-order valence-corrected chi connectivity index (χ0v) is 13.0. The highest BCUT2D eigenvalue weighted by Gasteiger charge is 2.20. The molecule has 4 heteroatoms. The highest BCUT2D eigenvalue weighted by Crippen LogP contribution is 2.22. The molecule has 1 saturated carbocycles. The second-order valence-corrected chi connectivity index (χ2v) is 6.36. The Labute approximate surface area is 121 Å². The minimum atomic E-state index is 0.759. The molecule has 0 amide bonds. The molecule has 1 aromatic heterocycles. The fourth-order valence-electron chi connectivity index (χ4n) is 2.03. The number of ether oxygens (including phenoxy) is 1. The van der Waals surface area contributed by atoms with Crippen molar-refractivity contribution in [3.63, 3.8) is 0 Å². The first-order chi connectivity index (χ1) is 9.31. The number of rotatable bonds is 10. The van der Waals surface area contributed by atoms with Crippen LogP contribution < -0.4 is 5.32 Å². The minimum absolute atomic E-state index is 0.759. The van der Waals surface area contributed by atoms with Gasteiger partial charge in [0.15, 0.2) is 0 Å². The SMILES string of the molecule is CCN(CC)CCOCc1ccc(CNC2CC2)s1. The molecule has 1 aromatic rings. The lowest BCUT2D eigenvalue weighted by Gasteiger charge is -2.17. The van der Waals surface area contributed by atoms with E-state index in [2.05, 4.69) is 36.2 Å². The standard InChI is InChI=1S/C15H26N2OS/c1-3-17(4-2)9-10-18-12-15-8-7-14(19-15)11-16-13-5-6-13/h7-8,13,16H,3-6,9-12H2,1-2H3. The summed E-state index contributed by atoms with van der Waals surface area (Å²) in [6.45, 7) is 10.3. The average molecular weight is 282 g/mol. The topological polar surface area (TPSA) is 24.5 Å². The molecule has 0 bridgehead atoms. The second-order valence-electron chi connectivity index (χ2n) is 5.10. The van der Waals surface area contributed by atoms with Gasteiger partial charge in [0.1, 0.15) is 0 Å². The van der Waals surface area contributed by atoms with Gasteiger partial charge in [0, 0.05) is 28.9 Å². The van der Waals surface area contributed by atoms with E-state index < -0.39 is 0 Å². The van der Waals surface area contributed by atoms with E-state index in [9.17, 15) is 0 Å². The van der Waals surface area contributed by atoms with Gasteiger partial charge in [-0.3, -0.25) is 0 Å². The molecule has 0 radical (unpaired) electrons. The highest BCUT2D eigenvalue weighted by molar-refractivity contribution is 7.11. The number of nitrogens with one attached hydrogen (secondary N) is 1. The van der Waals surface area contributed by atoms with E-state index in [0.29, 0.717) is 0 Å². The normalized spacial score (nSPS) is 15.3. The molecule has 0 unspecified atom stereocenters. The molecule has 1 aliphatic carbocycles. The van der Waals surface area contributed by atoms with Crippen LogP contribution in [0.25, 0.3) is 0 Å². The molecule has 0 spiro atoms. The summed E-state index contributed by atoms with van der Waals surface area (Å²) in [5, 5.41) is 3.55. The number of nitrogens with zero attached hydrogens (tertiary/aromatic N) is 1. The van der Waals surface area contributed by atoms with Crippen LogP contribution in [0.15, 0.2) is 12.1 Å². The van der Waals surface area contributed by atoms with Crippen molar-refractivity contribution in [3.05, 3.63) is 21.9 Å². The van der Waals surface area contributed by atoms with Gasteiger partial charge in [0.05, 0.1) is 13.2 Å². The lowest BCUT2D eigenvalue weighted by molar-refractivity contribution is 0.0973. The molecule has 0 atom stereocenters. The molecule has 1 fully saturated rings. The minimum Gasteiger partial charge on any atom is -0.375 e. The third-order valence-corrected chi connectivity index (χ3v) is 4.61. The van der Waals surface area contributed by atoms with Gasteiger partial charge in [0.25, 0.3) is 0 Å². The van der Waals surface area contributed by atoms with Gasteiger partial charge in [-0.1, -0.05) is 13.8 Å². The Bertz CT molecular complexity index is 359. The predicted octanol–water partition coefficient (Wildman–Crippen LogP) is 2.86. The quantitative estimate of drug-likeness (QED) is 0.668. The zero-order valence-electron chi connectivity index (χ0n) is 12.2. The lowest BCUT2D eigenvalue weighted by Crippen LogP contribution is -2.26. The van der Waals surface area contributed by atoms with Crippen LogP contribution in [0.5, 0.6) is 0 Å². The summed E-state index contributed by atoms with van der Waals surface area (Å²) >= 11 is 1.87. The van der Waals surface area contributed by atoms with E-state index in [1.165, 1.54) is 22.6 Å². The van der Waals surface area contributed by atoms with Crippen molar-refractivity contribution in [2.24, 2.45) is 0 Å². The summed E-state index contributed by atoms with van der Waals surface area (Å²) in [5.41, 5.74) is 0. The van der Waals surface area contributed by atoms with Crippen LogP contribution in [-0.4, -0.2) is 37.2 Å². The van der Waals surface area contributed by atoms with E-state index in [1.54, 1.807) is 0 Å². The number of hydrogen-bond donors (Lipinski definition) is 1. The Morgan fingerprint density at radius 2 is 2.00 bits per heavy atom. The molecule has 1 aliphatic rings. The first kappa shape index (κ1) is 15.0. The summed E-state index contributed by atoms with van der Waals surface area (Å²) in [4.78, 5) is 5.15. The van der Waals surface area contributed by atoms with Gasteiger partial charge in [-0.15, -0.1) is 11.3 Å². The monoisotopic (exact) mass is 282 g/mol. The molecular weight excluding hydrogens is 256 g/mol. The van der Waals surface area contributed by atoms with Crippen molar-refractivity contribution < 1.29 is 4.74 Å². The fraction of sp³-hybridized carbons (Fsp3) is 0.733. The van der Waals surface area contributed by atoms with Gasteiger partial charge >= 0.3 is 0 Å². The molecule has 0 aromatic carbocycles. The Balaban J connectivity index is 1.59. The van der Waals surface area contributed by atoms with Gasteiger partial charge in [-0.2, -0.15) is 0 Å². The van der Waals surface area contributed by atoms with Crippen LogP contribution in [0, 0.1) is 0 Å². The van der Waals surface area contributed by atoms with Crippen molar-refractivity contribution >= 4 is 11.3 Å². The number of thiophene rings is 1. The maximum Gasteiger partial charge on any atom is 0.0810 e. The van der Waals surface area contributed by atoms with Crippen molar-refractivity contribution in [2.75, 3.05) is 26.2 Å². The molecule has 3 nitrogen and oxygen atoms in total. The van der Waals surface area contributed by atoms with Crippen LogP contribution in [0.1, 0.15) is 36.4 Å². The van der Waals surface area contributed by atoms with Crippen molar-refractivity contribution in [2.45, 2.75) is 45.9 Å². The molecule has 108 valence electrons. The van der Waals surface area contributed by atoms with Crippen LogP contribution in [-0.2, 0) is 17.9 Å². The zero-order chi connectivity index (χ0) is 13.5. The number of hydrogen-bond acceptors (Lipinski definition) is 4. The molecular formula is C15H26N2OS. The highest BCUT2D eigenvalue weighted by atomic mass is 32.1. The molecule has 1 N–H and O–H groups in total. The van der Waals surface area contributed by atoms with Crippen molar-refractivity contribution in [1.82, 2.24) is 10.2 Å². The van der Waals surface area contributed by atoms with E-state index in [1.807, 2.05) is 11.3 Å². The van der Waals surface area contributed by atoms with Gasteiger partial charge in [0.2, 0.25) is 0 Å². The molecule has 0 aliphatic heterocycles. The van der Waals surface area contributed by atoms with E-state index in [-0.39, 0.29) is 0 Å². The second kappa shape index (κ2) is 8.00. The summed E-state index contributed by atoms with van der Waals surface area (Å²) in [6.07, 6.45) is 2.71. The summed E-state index contributed by atoms with van der Waals surface area (Å²) in [6, 6.07) is 5.21. The average Bonchev–Trinajstić information content (AvgIpc) is 3.16. The van der Waals surface area contributed by atoms with Gasteiger partial charge in [-0.25, -0.2) is 0 Å². The molecule has 1 heterocycles. The van der Waals surface area contributed by atoms with Crippen LogP contribution in [0.2, 0.25) is 0 Å². The molecule has 2 rings (SSSR count). The molecule has 0 saturated heterocycles. The fourth-order valence-corrected chi connectivity index (χ4v) is 2.94. The molecule has 19 heavy (non-hydrogen) atoms. The van der Waals surface area contributed by atoms with E-state index in [4.69, 9.17) is 4.74 Å².